The molecule has 0 saturated carbocycles. The van der Waals surface area contributed by atoms with Crippen LogP contribution in [0.25, 0.3) is 0 Å². The van der Waals surface area contributed by atoms with Gasteiger partial charge in [-0.15, -0.1) is 0 Å². The Morgan fingerprint density at radius 3 is 2.93 bits per heavy atom. The number of fused-ring (bicyclic) bond motifs is 1. The smallest absolute Gasteiger partial charge is 0.309 e. The van der Waals surface area contributed by atoms with Crippen molar-refractivity contribution in [1.29, 1.82) is 0 Å². The SMILES string of the molecule is N[C@@H]1CCc2ccc(F)c([N+](=O)[O-])c21. The van der Waals surface area contributed by atoms with Gasteiger partial charge in [0.15, 0.2) is 0 Å². The predicted molar refractivity (Wildman–Crippen MR) is 48.3 cm³/mol. The average Bonchev–Trinajstić information content (AvgIpc) is 2.47. The third kappa shape index (κ3) is 1.17. The third-order valence-corrected chi connectivity index (χ3v) is 2.54. The second kappa shape index (κ2) is 3.02. The Balaban J connectivity index is 2.68. The van der Waals surface area contributed by atoms with Crippen molar-refractivity contribution in [2.45, 2.75) is 18.9 Å². The molecule has 0 bridgehead atoms. The summed E-state index contributed by atoms with van der Waals surface area (Å²) in [7, 11) is 0. The summed E-state index contributed by atoms with van der Waals surface area (Å²) >= 11 is 0. The third-order valence-electron chi connectivity index (χ3n) is 2.54. The van der Waals surface area contributed by atoms with Crippen molar-refractivity contribution < 1.29 is 9.31 Å². The molecule has 0 aromatic heterocycles. The quantitative estimate of drug-likeness (QED) is 0.548. The molecule has 1 aliphatic rings. The van der Waals surface area contributed by atoms with Crippen LogP contribution in [0.15, 0.2) is 12.1 Å². The molecule has 1 aliphatic carbocycles. The zero-order chi connectivity index (χ0) is 10.3. The number of aryl methyl sites for hydroxylation is 1. The first-order valence-electron chi connectivity index (χ1n) is 4.32. The topological polar surface area (TPSA) is 69.2 Å². The zero-order valence-electron chi connectivity index (χ0n) is 7.37. The molecule has 1 atom stereocenters. The van der Waals surface area contributed by atoms with E-state index in [0.29, 0.717) is 18.4 Å². The van der Waals surface area contributed by atoms with E-state index in [0.717, 1.165) is 11.6 Å². The number of nitro benzene ring substituents is 1. The van der Waals surface area contributed by atoms with E-state index in [1.807, 2.05) is 0 Å². The minimum absolute atomic E-state index is 0.370. The minimum Gasteiger partial charge on any atom is -0.324 e. The fourth-order valence-electron chi connectivity index (χ4n) is 1.90. The van der Waals surface area contributed by atoms with Gasteiger partial charge in [0.2, 0.25) is 5.82 Å². The Hall–Kier alpha value is -1.49. The Labute approximate surface area is 79.7 Å². The first-order chi connectivity index (χ1) is 6.61. The molecule has 74 valence electrons. The summed E-state index contributed by atoms with van der Waals surface area (Å²) in [4.78, 5) is 9.94. The van der Waals surface area contributed by atoms with Crippen LogP contribution >= 0.6 is 0 Å². The van der Waals surface area contributed by atoms with Crippen LogP contribution in [0.4, 0.5) is 10.1 Å². The Kier molecular flexibility index (Phi) is 1.96. The number of halogens is 1. The molecule has 0 spiro atoms. The van der Waals surface area contributed by atoms with Crippen molar-refractivity contribution in [1.82, 2.24) is 0 Å². The van der Waals surface area contributed by atoms with Crippen LogP contribution < -0.4 is 5.73 Å². The molecule has 0 amide bonds. The average molecular weight is 196 g/mol. The molecular formula is C9H9FN2O2. The van der Waals surface area contributed by atoms with Gasteiger partial charge in [0.05, 0.1) is 10.5 Å². The van der Waals surface area contributed by atoms with E-state index < -0.39 is 22.5 Å². The number of nitro groups is 1. The van der Waals surface area contributed by atoms with Gasteiger partial charge in [-0.2, -0.15) is 4.39 Å². The molecule has 5 heteroatoms. The molecule has 0 aliphatic heterocycles. The van der Waals surface area contributed by atoms with Gasteiger partial charge < -0.3 is 5.73 Å². The fourth-order valence-corrected chi connectivity index (χ4v) is 1.90. The van der Waals surface area contributed by atoms with Crippen LogP contribution in [0.3, 0.4) is 0 Å². The van der Waals surface area contributed by atoms with Gasteiger partial charge in [-0.25, -0.2) is 0 Å². The molecule has 2 N–H and O–H groups in total. The first kappa shape index (κ1) is 9.08. The van der Waals surface area contributed by atoms with E-state index in [1.165, 1.54) is 0 Å². The summed E-state index contributed by atoms with van der Waals surface area (Å²) in [5, 5.41) is 10.6. The lowest BCUT2D eigenvalue weighted by Crippen LogP contribution is -2.09. The highest BCUT2D eigenvalue weighted by atomic mass is 19.1. The standard InChI is InChI=1S/C9H9FN2O2/c10-6-3-1-5-2-4-7(11)8(5)9(6)12(13)14/h1,3,7H,2,4,11H2/t7-/m1/s1. The van der Waals surface area contributed by atoms with Gasteiger partial charge in [-0.05, 0) is 24.5 Å². The van der Waals surface area contributed by atoms with E-state index in [-0.39, 0.29) is 0 Å². The molecule has 1 aromatic carbocycles. The lowest BCUT2D eigenvalue weighted by Gasteiger charge is -2.05. The number of hydrogen-bond acceptors (Lipinski definition) is 3. The van der Waals surface area contributed by atoms with Crippen molar-refractivity contribution in [3.8, 4) is 0 Å². The van der Waals surface area contributed by atoms with Crippen LogP contribution in [0, 0.1) is 15.9 Å². The van der Waals surface area contributed by atoms with E-state index in [9.17, 15) is 14.5 Å². The maximum Gasteiger partial charge on any atom is 0.309 e. The maximum absolute atomic E-state index is 13.2. The summed E-state index contributed by atoms with van der Waals surface area (Å²) in [6.45, 7) is 0. The van der Waals surface area contributed by atoms with E-state index in [4.69, 9.17) is 5.73 Å². The highest BCUT2D eigenvalue weighted by molar-refractivity contribution is 5.51. The number of hydrogen-bond donors (Lipinski definition) is 1. The second-order valence-electron chi connectivity index (χ2n) is 3.37. The second-order valence-corrected chi connectivity index (χ2v) is 3.37. The molecule has 0 radical (unpaired) electrons. The molecule has 0 fully saturated rings. The molecule has 14 heavy (non-hydrogen) atoms. The van der Waals surface area contributed by atoms with Gasteiger partial charge in [0, 0.05) is 6.04 Å². The molecule has 0 saturated heterocycles. The fraction of sp³-hybridized carbons (Fsp3) is 0.333. The van der Waals surface area contributed by atoms with E-state index in [2.05, 4.69) is 0 Å². The Morgan fingerprint density at radius 1 is 1.57 bits per heavy atom. The number of nitrogens with two attached hydrogens (primary N) is 1. The van der Waals surface area contributed by atoms with Crippen LogP contribution in [0.2, 0.25) is 0 Å². The lowest BCUT2D eigenvalue weighted by molar-refractivity contribution is -0.388. The van der Waals surface area contributed by atoms with Crippen molar-refractivity contribution in [2.24, 2.45) is 5.73 Å². The van der Waals surface area contributed by atoms with E-state index in [1.54, 1.807) is 6.07 Å². The molecule has 1 aromatic rings. The molecule has 2 rings (SSSR count). The Morgan fingerprint density at radius 2 is 2.29 bits per heavy atom. The molecule has 0 heterocycles. The Bertz CT molecular complexity index is 406. The van der Waals surface area contributed by atoms with Gasteiger partial charge in [0.25, 0.3) is 0 Å². The summed E-state index contributed by atoms with van der Waals surface area (Å²) in [5.41, 5.74) is 6.40. The van der Waals surface area contributed by atoms with Gasteiger partial charge >= 0.3 is 5.69 Å². The predicted octanol–water partition coefficient (Wildman–Crippen LogP) is 1.68. The first-order valence-corrected chi connectivity index (χ1v) is 4.32. The highest BCUT2D eigenvalue weighted by Crippen LogP contribution is 2.37. The molecule has 0 unspecified atom stereocenters. The maximum atomic E-state index is 13.2. The monoisotopic (exact) mass is 196 g/mol. The van der Waals surface area contributed by atoms with Gasteiger partial charge in [-0.3, -0.25) is 10.1 Å². The van der Waals surface area contributed by atoms with Crippen LogP contribution in [-0.4, -0.2) is 4.92 Å². The minimum atomic E-state index is -0.800. The zero-order valence-corrected chi connectivity index (χ0v) is 7.37. The summed E-state index contributed by atoms with van der Waals surface area (Å²) in [6, 6.07) is 2.31. The number of rotatable bonds is 1. The summed E-state index contributed by atoms with van der Waals surface area (Å²) < 4.78 is 13.2. The summed E-state index contributed by atoms with van der Waals surface area (Å²) in [5.74, 6) is -0.800. The van der Waals surface area contributed by atoms with Crippen LogP contribution in [-0.2, 0) is 6.42 Å². The van der Waals surface area contributed by atoms with Crippen LogP contribution in [0.1, 0.15) is 23.6 Å². The molecule has 4 nitrogen and oxygen atoms in total. The number of benzene rings is 1. The molecular weight excluding hydrogens is 187 g/mol. The van der Waals surface area contributed by atoms with Gasteiger partial charge in [0.1, 0.15) is 0 Å². The van der Waals surface area contributed by atoms with Crippen molar-refractivity contribution in [2.75, 3.05) is 0 Å². The van der Waals surface area contributed by atoms with Crippen molar-refractivity contribution in [3.63, 3.8) is 0 Å². The van der Waals surface area contributed by atoms with Crippen LogP contribution in [0.5, 0.6) is 0 Å². The van der Waals surface area contributed by atoms with Gasteiger partial charge in [-0.1, -0.05) is 6.07 Å². The lowest BCUT2D eigenvalue weighted by atomic mass is 10.1. The highest BCUT2D eigenvalue weighted by Gasteiger charge is 2.31. The van der Waals surface area contributed by atoms with Crippen molar-refractivity contribution >= 4 is 5.69 Å². The van der Waals surface area contributed by atoms with E-state index >= 15 is 0 Å². The number of nitrogens with zero attached hydrogens (tertiary/aromatic N) is 1. The summed E-state index contributed by atoms with van der Waals surface area (Å²) in [6.07, 6.45) is 1.34. The largest absolute Gasteiger partial charge is 0.324 e. The van der Waals surface area contributed by atoms with Crippen molar-refractivity contribution in [3.05, 3.63) is 39.2 Å². The normalized spacial score (nSPS) is 19.4.